The largest absolute Gasteiger partial charge is 0.355 e. The first-order valence-corrected chi connectivity index (χ1v) is 10.9. The topological polar surface area (TPSA) is 71.0 Å². The number of carbonyl (C=O) groups excluding carboxylic acids is 1. The maximum absolute atomic E-state index is 12.7. The van der Waals surface area contributed by atoms with Crippen LogP contribution < -0.4 is 10.2 Å². The van der Waals surface area contributed by atoms with E-state index >= 15 is 0 Å². The highest BCUT2D eigenvalue weighted by atomic mass is 16.1. The van der Waals surface area contributed by atoms with Crippen LogP contribution in [0, 0.1) is 19.8 Å². The second-order valence-electron chi connectivity index (χ2n) is 8.26. The molecule has 1 atom stereocenters. The van der Waals surface area contributed by atoms with E-state index in [4.69, 9.17) is 0 Å². The van der Waals surface area contributed by atoms with Gasteiger partial charge in [0.15, 0.2) is 5.82 Å². The van der Waals surface area contributed by atoms with Crippen molar-refractivity contribution in [1.82, 2.24) is 20.5 Å². The molecule has 0 unspecified atom stereocenters. The van der Waals surface area contributed by atoms with Crippen LogP contribution in [0.4, 0.5) is 5.82 Å². The van der Waals surface area contributed by atoms with Gasteiger partial charge in [-0.2, -0.15) is 0 Å². The number of carbonyl (C=O) groups is 1. The van der Waals surface area contributed by atoms with Gasteiger partial charge in [-0.05, 0) is 74.1 Å². The van der Waals surface area contributed by atoms with Crippen molar-refractivity contribution in [3.63, 3.8) is 0 Å². The Morgan fingerprint density at radius 2 is 2.03 bits per heavy atom. The van der Waals surface area contributed by atoms with E-state index < -0.39 is 0 Å². The number of aryl methyl sites for hydroxylation is 2. The highest BCUT2D eigenvalue weighted by Crippen LogP contribution is 2.24. The molecule has 6 heteroatoms. The molecule has 1 aliphatic rings. The van der Waals surface area contributed by atoms with Crippen LogP contribution >= 0.6 is 0 Å². The van der Waals surface area contributed by atoms with E-state index in [1.165, 1.54) is 11.1 Å². The van der Waals surface area contributed by atoms with E-state index in [2.05, 4.69) is 57.4 Å². The van der Waals surface area contributed by atoms with Gasteiger partial charge in [0.2, 0.25) is 5.91 Å². The molecule has 0 saturated carbocycles. The summed E-state index contributed by atoms with van der Waals surface area (Å²) in [6, 6.07) is 14.3. The lowest BCUT2D eigenvalue weighted by atomic mass is 9.97. The maximum atomic E-state index is 12.7. The van der Waals surface area contributed by atoms with Crippen LogP contribution in [0.2, 0.25) is 0 Å². The molecular weight excluding hydrogens is 386 g/mol. The predicted octanol–water partition coefficient (Wildman–Crippen LogP) is 3.73. The minimum atomic E-state index is -0.0242. The number of benzene rings is 1. The van der Waals surface area contributed by atoms with E-state index in [9.17, 15) is 4.79 Å². The minimum absolute atomic E-state index is 0.0242. The lowest BCUT2D eigenvalue weighted by Gasteiger charge is -2.32. The molecule has 4 rings (SSSR count). The van der Waals surface area contributed by atoms with Crippen molar-refractivity contribution in [1.29, 1.82) is 0 Å². The summed E-state index contributed by atoms with van der Waals surface area (Å²) in [4.78, 5) is 19.0. The van der Waals surface area contributed by atoms with Crippen molar-refractivity contribution in [3.05, 3.63) is 71.5 Å². The first kappa shape index (κ1) is 21.0. The maximum Gasteiger partial charge on any atom is 0.224 e. The van der Waals surface area contributed by atoms with Gasteiger partial charge in [-0.3, -0.25) is 9.78 Å². The van der Waals surface area contributed by atoms with E-state index in [1.54, 1.807) is 6.20 Å². The minimum Gasteiger partial charge on any atom is -0.355 e. The summed E-state index contributed by atoms with van der Waals surface area (Å²) in [7, 11) is 0. The summed E-state index contributed by atoms with van der Waals surface area (Å²) in [5.41, 5.74) is 5.59. The first-order chi connectivity index (χ1) is 15.1. The van der Waals surface area contributed by atoms with Crippen LogP contribution in [-0.4, -0.2) is 40.7 Å². The van der Waals surface area contributed by atoms with Crippen molar-refractivity contribution >= 4 is 11.7 Å². The average Bonchev–Trinajstić information content (AvgIpc) is 2.82. The summed E-state index contributed by atoms with van der Waals surface area (Å²) in [5.74, 6) is 0.928. The molecule has 1 amide bonds. The third kappa shape index (κ3) is 5.26. The van der Waals surface area contributed by atoms with Gasteiger partial charge in [0.05, 0.1) is 11.6 Å². The van der Waals surface area contributed by atoms with Gasteiger partial charge in [-0.1, -0.05) is 18.2 Å². The third-order valence-corrected chi connectivity index (χ3v) is 6.01. The number of piperidine rings is 1. The van der Waals surface area contributed by atoms with Crippen molar-refractivity contribution in [2.75, 3.05) is 24.5 Å². The summed E-state index contributed by atoms with van der Waals surface area (Å²) in [6.45, 7) is 6.42. The molecule has 1 saturated heterocycles. The summed E-state index contributed by atoms with van der Waals surface area (Å²) in [6.07, 6.45) is 6.27. The second kappa shape index (κ2) is 9.69. The molecule has 0 radical (unpaired) electrons. The van der Waals surface area contributed by atoms with Gasteiger partial charge < -0.3 is 10.2 Å². The molecule has 3 heterocycles. The lowest BCUT2D eigenvalue weighted by Crippen LogP contribution is -2.43. The number of pyridine rings is 1. The number of anilines is 1. The molecule has 0 aliphatic carbocycles. The van der Waals surface area contributed by atoms with Gasteiger partial charge >= 0.3 is 0 Å². The van der Waals surface area contributed by atoms with Crippen molar-refractivity contribution in [2.45, 2.75) is 33.1 Å². The molecule has 6 nitrogen and oxygen atoms in total. The fourth-order valence-electron chi connectivity index (χ4n) is 3.97. The lowest BCUT2D eigenvalue weighted by molar-refractivity contribution is -0.125. The number of amides is 1. The van der Waals surface area contributed by atoms with Gasteiger partial charge in [-0.15, -0.1) is 10.2 Å². The van der Waals surface area contributed by atoms with Crippen LogP contribution in [0.15, 0.2) is 54.9 Å². The van der Waals surface area contributed by atoms with Crippen LogP contribution in [0.25, 0.3) is 11.3 Å². The normalized spacial score (nSPS) is 16.2. The molecular formula is C25H29N5O. The summed E-state index contributed by atoms with van der Waals surface area (Å²) < 4.78 is 0. The fourth-order valence-corrected chi connectivity index (χ4v) is 3.97. The van der Waals surface area contributed by atoms with E-state index in [0.717, 1.165) is 48.4 Å². The molecule has 31 heavy (non-hydrogen) atoms. The number of aromatic nitrogens is 3. The Balaban J connectivity index is 1.34. The van der Waals surface area contributed by atoms with Crippen LogP contribution in [0.3, 0.4) is 0 Å². The molecule has 1 aliphatic heterocycles. The highest BCUT2D eigenvalue weighted by Gasteiger charge is 2.26. The molecule has 160 valence electrons. The highest BCUT2D eigenvalue weighted by molar-refractivity contribution is 5.79. The number of hydrogen-bond donors (Lipinski definition) is 1. The van der Waals surface area contributed by atoms with Crippen LogP contribution in [-0.2, 0) is 11.2 Å². The van der Waals surface area contributed by atoms with Crippen molar-refractivity contribution in [2.24, 2.45) is 5.92 Å². The third-order valence-electron chi connectivity index (χ3n) is 6.01. The van der Waals surface area contributed by atoms with Crippen molar-refractivity contribution < 1.29 is 4.79 Å². The van der Waals surface area contributed by atoms with Crippen LogP contribution in [0.1, 0.15) is 29.5 Å². The summed E-state index contributed by atoms with van der Waals surface area (Å²) in [5, 5.41) is 12.0. The number of hydrogen-bond acceptors (Lipinski definition) is 5. The monoisotopic (exact) mass is 415 g/mol. The Labute approximate surface area is 183 Å². The quantitative estimate of drug-likeness (QED) is 0.664. The second-order valence-corrected chi connectivity index (χ2v) is 8.26. The Bertz CT molecular complexity index is 1020. The van der Waals surface area contributed by atoms with E-state index in [1.807, 2.05) is 30.5 Å². The molecule has 1 N–H and O–H groups in total. The van der Waals surface area contributed by atoms with Gasteiger partial charge in [0.25, 0.3) is 0 Å². The SMILES string of the molecule is Cc1ccc(-c2ccc(N3CCC[C@@H](C(=O)NCCc4cccnc4)C3)nn2)cc1C. The summed E-state index contributed by atoms with van der Waals surface area (Å²) >= 11 is 0. The number of nitrogens with zero attached hydrogens (tertiary/aromatic N) is 4. The molecule has 0 spiro atoms. The van der Waals surface area contributed by atoms with Crippen molar-refractivity contribution in [3.8, 4) is 11.3 Å². The predicted molar refractivity (Wildman–Crippen MR) is 123 cm³/mol. The van der Waals surface area contributed by atoms with Gasteiger partial charge in [0, 0.05) is 37.6 Å². The molecule has 1 fully saturated rings. The van der Waals surface area contributed by atoms with E-state index in [-0.39, 0.29) is 11.8 Å². The number of rotatable bonds is 6. The smallest absolute Gasteiger partial charge is 0.224 e. The van der Waals surface area contributed by atoms with Crippen LogP contribution in [0.5, 0.6) is 0 Å². The molecule has 2 aromatic heterocycles. The first-order valence-electron chi connectivity index (χ1n) is 10.9. The zero-order chi connectivity index (χ0) is 21.6. The fraction of sp³-hybridized carbons (Fsp3) is 0.360. The van der Waals surface area contributed by atoms with Gasteiger partial charge in [-0.25, -0.2) is 0 Å². The Kier molecular flexibility index (Phi) is 6.55. The standard InChI is InChI=1S/C25H29N5O/c1-18-7-8-21(15-19(18)2)23-9-10-24(29-28-23)30-14-4-6-22(17-30)25(31)27-13-11-20-5-3-12-26-16-20/h3,5,7-10,12,15-16,22H,4,6,11,13-14,17H2,1-2H3,(H,27,31)/t22-/m1/s1. The molecule has 1 aromatic carbocycles. The molecule has 3 aromatic rings. The number of nitrogens with one attached hydrogen (secondary N) is 1. The Morgan fingerprint density at radius 1 is 1.13 bits per heavy atom. The zero-order valence-corrected chi connectivity index (χ0v) is 18.2. The Hall–Kier alpha value is -3.28. The van der Waals surface area contributed by atoms with Gasteiger partial charge in [0.1, 0.15) is 0 Å². The Morgan fingerprint density at radius 3 is 2.77 bits per heavy atom. The molecule has 0 bridgehead atoms. The average molecular weight is 416 g/mol. The zero-order valence-electron chi connectivity index (χ0n) is 18.2. The van der Waals surface area contributed by atoms with E-state index in [0.29, 0.717) is 13.1 Å².